The molecule has 0 nitrogen and oxygen atoms in total. The summed E-state index contributed by atoms with van der Waals surface area (Å²) in [4.78, 5) is 0. The van der Waals surface area contributed by atoms with E-state index in [0.29, 0.717) is 10.8 Å². The van der Waals surface area contributed by atoms with Gasteiger partial charge in [0.25, 0.3) is 0 Å². The van der Waals surface area contributed by atoms with E-state index in [1.807, 2.05) is 0 Å². The molecular weight excluding hydrogens is 565 g/mol. The average Bonchev–Trinajstić information content (AvgIpc) is 3.01. The highest BCUT2D eigenvalue weighted by atomic mass is 14.4. The molecular formula is C47H94. The van der Waals surface area contributed by atoms with Gasteiger partial charge in [-0.15, -0.1) is 0 Å². The van der Waals surface area contributed by atoms with E-state index in [0.717, 1.165) is 59.2 Å². The monoisotopic (exact) mass is 659 g/mol. The van der Waals surface area contributed by atoms with E-state index in [4.69, 9.17) is 0 Å². The van der Waals surface area contributed by atoms with E-state index in [9.17, 15) is 0 Å². The maximum Gasteiger partial charge on any atom is -0.0321 e. The van der Waals surface area contributed by atoms with Gasteiger partial charge in [-0.1, -0.05) is 200 Å². The van der Waals surface area contributed by atoms with Gasteiger partial charge in [-0.3, -0.25) is 0 Å². The molecule has 0 aromatic heterocycles. The van der Waals surface area contributed by atoms with E-state index < -0.39 is 0 Å². The molecule has 5 saturated carbocycles. The van der Waals surface area contributed by atoms with Crippen molar-refractivity contribution in [2.75, 3.05) is 0 Å². The third kappa shape index (κ3) is 20.4. The molecule has 7 unspecified atom stereocenters. The van der Waals surface area contributed by atoms with Crippen molar-refractivity contribution >= 4 is 0 Å². The van der Waals surface area contributed by atoms with Crippen LogP contribution >= 0.6 is 0 Å². The van der Waals surface area contributed by atoms with E-state index in [2.05, 4.69) is 96.9 Å². The molecule has 5 fully saturated rings. The molecule has 5 aliphatic rings. The van der Waals surface area contributed by atoms with Crippen molar-refractivity contribution in [1.29, 1.82) is 0 Å². The second-order valence-electron chi connectivity index (χ2n) is 20.3. The second-order valence-corrected chi connectivity index (χ2v) is 20.3. The highest BCUT2D eigenvalue weighted by Crippen LogP contribution is 2.50. The summed E-state index contributed by atoms with van der Waals surface area (Å²) in [5.74, 6) is 10.1. The molecule has 0 saturated heterocycles. The van der Waals surface area contributed by atoms with Crippen molar-refractivity contribution in [2.45, 2.75) is 232 Å². The minimum Gasteiger partial charge on any atom is -0.0651 e. The maximum atomic E-state index is 2.46. The summed E-state index contributed by atoms with van der Waals surface area (Å²) in [5, 5.41) is 0. The Labute approximate surface area is 301 Å². The Morgan fingerprint density at radius 2 is 0.851 bits per heavy atom. The largest absolute Gasteiger partial charge is 0.0651 e. The van der Waals surface area contributed by atoms with Crippen LogP contribution in [-0.2, 0) is 0 Å². The first-order chi connectivity index (χ1) is 22.0. The molecule has 5 rings (SSSR count). The summed E-state index contributed by atoms with van der Waals surface area (Å²) >= 11 is 0. The van der Waals surface area contributed by atoms with Gasteiger partial charge in [-0.05, 0) is 102 Å². The summed E-state index contributed by atoms with van der Waals surface area (Å²) in [7, 11) is 0. The molecule has 0 amide bonds. The lowest BCUT2D eigenvalue weighted by Gasteiger charge is -2.45. The third-order valence-corrected chi connectivity index (χ3v) is 14.0. The van der Waals surface area contributed by atoms with Crippen molar-refractivity contribution in [2.24, 2.45) is 70.0 Å². The van der Waals surface area contributed by atoms with Crippen molar-refractivity contribution in [3.63, 3.8) is 0 Å². The third-order valence-electron chi connectivity index (χ3n) is 14.0. The van der Waals surface area contributed by atoms with Crippen LogP contribution < -0.4 is 0 Å². The Kier molecular flexibility index (Phi) is 22.5. The van der Waals surface area contributed by atoms with Crippen LogP contribution in [0.15, 0.2) is 0 Å². The van der Waals surface area contributed by atoms with Crippen LogP contribution in [0.2, 0.25) is 0 Å². The zero-order valence-electron chi connectivity index (χ0n) is 35.6. The highest BCUT2D eigenvalue weighted by molar-refractivity contribution is 4.89. The Morgan fingerprint density at radius 3 is 1.17 bits per heavy atom. The molecule has 0 aromatic rings. The number of rotatable bonds is 3. The predicted molar refractivity (Wildman–Crippen MR) is 216 cm³/mol. The molecule has 0 radical (unpaired) electrons. The van der Waals surface area contributed by atoms with Crippen LogP contribution in [-0.4, -0.2) is 0 Å². The van der Waals surface area contributed by atoms with E-state index in [-0.39, 0.29) is 0 Å². The lowest BCUT2D eigenvalue weighted by molar-refractivity contribution is 0.0582. The Balaban J connectivity index is 0.000000296. The van der Waals surface area contributed by atoms with Gasteiger partial charge in [-0.25, -0.2) is 0 Å². The summed E-state index contributed by atoms with van der Waals surface area (Å²) in [5.41, 5.74) is 1.21. The summed E-state index contributed by atoms with van der Waals surface area (Å²) in [6.07, 6.45) is 30.7. The van der Waals surface area contributed by atoms with Gasteiger partial charge in [0, 0.05) is 0 Å². The molecule has 0 spiro atoms. The molecule has 0 aromatic carbocycles. The fourth-order valence-electron chi connectivity index (χ4n) is 10.5. The molecule has 0 bridgehead atoms. The standard InChI is InChI=1S/C12H24.C10H20.C9H18.2C8H16/c1-6-12(5)8-10(2)7-11(3,4)9-12;1-3-9-5-7-10(4-2)8-6-9;1-7-4-5-8(2)9(3)6-7;1-7-3-5-8(2)6-4-7;1-7-4-3-5-8(2)6-7/h10H,6-9H2,1-5H3;9-10H,3-8H2,1-2H3;7-9H,4-6H2,1-3H3;2*7-8H,3-6H2,1-2H3. The van der Waals surface area contributed by atoms with Crippen LogP contribution in [0.3, 0.4) is 0 Å². The predicted octanol–water partition coefficient (Wildman–Crippen LogP) is 16.6. The zero-order valence-corrected chi connectivity index (χ0v) is 35.6. The Hall–Kier alpha value is 0. The van der Waals surface area contributed by atoms with Crippen molar-refractivity contribution in [3.05, 3.63) is 0 Å². The van der Waals surface area contributed by atoms with Gasteiger partial charge in [-0.2, -0.15) is 0 Å². The van der Waals surface area contributed by atoms with Crippen LogP contribution in [0.5, 0.6) is 0 Å². The van der Waals surface area contributed by atoms with E-state index in [1.54, 1.807) is 0 Å². The maximum absolute atomic E-state index is 2.46. The molecule has 7 atom stereocenters. The average molecular weight is 659 g/mol. The van der Waals surface area contributed by atoms with E-state index in [1.165, 1.54) is 135 Å². The van der Waals surface area contributed by atoms with E-state index >= 15 is 0 Å². The van der Waals surface area contributed by atoms with Crippen LogP contribution in [0, 0.1) is 70.0 Å². The topological polar surface area (TPSA) is 0 Å². The SMILES string of the molecule is CC1CCC(C)C(C)C1.CC1CCC(C)CC1.CC1CCCC(C)C1.CCC1(C)CC(C)CC(C)(C)C1.CCC1CCC(CC)CC1. The van der Waals surface area contributed by atoms with Gasteiger partial charge in [0.2, 0.25) is 0 Å². The van der Waals surface area contributed by atoms with Gasteiger partial charge in [0.1, 0.15) is 0 Å². The zero-order chi connectivity index (χ0) is 35.6. The lowest BCUT2D eigenvalue weighted by atomic mass is 9.60. The van der Waals surface area contributed by atoms with Gasteiger partial charge < -0.3 is 0 Å². The first-order valence-electron chi connectivity index (χ1n) is 22.0. The number of hydrogen-bond acceptors (Lipinski definition) is 0. The van der Waals surface area contributed by atoms with Gasteiger partial charge in [0.05, 0.1) is 0 Å². The minimum atomic E-state index is 0.586. The van der Waals surface area contributed by atoms with Crippen molar-refractivity contribution in [3.8, 4) is 0 Å². The smallest absolute Gasteiger partial charge is 0.0321 e. The normalized spacial score (nSPS) is 40.0. The lowest BCUT2D eigenvalue weighted by Crippen LogP contribution is -2.34. The molecule has 282 valence electrons. The molecule has 0 N–H and O–H groups in total. The fraction of sp³-hybridized carbons (Fsp3) is 1.00. The first-order valence-corrected chi connectivity index (χ1v) is 22.0. The summed E-state index contributed by atoms with van der Waals surface area (Å²) in [6.45, 7) is 33.4. The molecule has 0 heterocycles. The summed E-state index contributed by atoms with van der Waals surface area (Å²) in [6, 6.07) is 0. The molecule has 0 aliphatic heterocycles. The Bertz CT molecular complexity index is 703. The van der Waals surface area contributed by atoms with Crippen LogP contribution in [0.1, 0.15) is 232 Å². The quantitative estimate of drug-likeness (QED) is 0.283. The van der Waals surface area contributed by atoms with Crippen molar-refractivity contribution < 1.29 is 0 Å². The van der Waals surface area contributed by atoms with Crippen molar-refractivity contribution in [1.82, 2.24) is 0 Å². The molecule has 47 heavy (non-hydrogen) atoms. The Morgan fingerprint density at radius 1 is 0.426 bits per heavy atom. The van der Waals surface area contributed by atoms with Crippen LogP contribution in [0.4, 0.5) is 0 Å². The first kappa shape index (κ1) is 45.0. The molecule has 5 aliphatic carbocycles. The second kappa shape index (κ2) is 23.5. The van der Waals surface area contributed by atoms with Gasteiger partial charge >= 0.3 is 0 Å². The number of hydrogen-bond donors (Lipinski definition) is 0. The highest BCUT2D eigenvalue weighted by Gasteiger charge is 2.38. The fourth-order valence-corrected chi connectivity index (χ4v) is 10.5. The van der Waals surface area contributed by atoms with Gasteiger partial charge in [0.15, 0.2) is 0 Å². The summed E-state index contributed by atoms with van der Waals surface area (Å²) < 4.78 is 0. The van der Waals surface area contributed by atoms with Crippen LogP contribution in [0.25, 0.3) is 0 Å². The molecule has 0 heteroatoms. The minimum absolute atomic E-state index is 0.586.